The quantitative estimate of drug-likeness (QED) is 0.317. The second-order valence-corrected chi connectivity index (χ2v) is 6.98. The van der Waals surface area contributed by atoms with Gasteiger partial charge < -0.3 is 5.11 Å². The highest BCUT2D eigenvalue weighted by atomic mass is 79.9. The number of aliphatic imine (C=N–C) groups is 1. The van der Waals surface area contributed by atoms with E-state index in [0.717, 1.165) is 10.2 Å². The number of phenols is 1. The molecule has 0 radical (unpaired) electrons. The molecule has 2 N–H and O–H groups in total. The monoisotopic (exact) mass is 472 g/mol. The molecule has 0 amide bonds. The normalized spacial score (nSPS) is 11.7. The van der Waals surface area contributed by atoms with Crippen LogP contribution in [0.15, 0.2) is 85.9 Å². The lowest BCUT2D eigenvalue weighted by atomic mass is 10.2. The maximum atomic E-state index is 10.1. The van der Waals surface area contributed by atoms with Gasteiger partial charge in [-0.05, 0) is 52.3 Å². The summed E-state index contributed by atoms with van der Waals surface area (Å²) >= 11 is 6.69. The largest absolute Gasteiger partial charge is 0.506 e. The van der Waals surface area contributed by atoms with Crippen molar-refractivity contribution in [3.8, 4) is 5.75 Å². The second kappa shape index (κ2) is 8.73. The predicted octanol–water partition coefficient (Wildman–Crippen LogP) is 5.01. The minimum Gasteiger partial charge on any atom is -0.506 e. The number of benzene rings is 2. The van der Waals surface area contributed by atoms with E-state index in [1.54, 1.807) is 18.3 Å². The number of hydrogen-bond donors (Lipinski definition) is 2. The fourth-order valence-electron chi connectivity index (χ4n) is 2.12. The van der Waals surface area contributed by atoms with Crippen LogP contribution >= 0.6 is 31.9 Å². The second-order valence-electron chi connectivity index (χ2n) is 5.21. The first kappa shape index (κ1) is 18.3. The average Bonchev–Trinajstić information content (AvgIpc) is 2.66. The van der Waals surface area contributed by atoms with Gasteiger partial charge in [-0.3, -0.25) is 10.4 Å². The Kier molecular flexibility index (Phi) is 6.14. The molecule has 0 aliphatic heterocycles. The van der Waals surface area contributed by atoms with Crippen molar-refractivity contribution in [3.05, 3.63) is 87.1 Å². The summed E-state index contributed by atoms with van der Waals surface area (Å²) in [6.07, 6.45) is 3.22. The minimum atomic E-state index is 0.109. The zero-order valence-corrected chi connectivity index (χ0v) is 16.6. The Morgan fingerprint density at radius 3 is 2.54 bits per heavy atom. The van der Waals surface area contributed by atoms with E-state index in [1.165, 1.54) is 6.21 Å². The molecule has 26 heavy (non-hydrogen) atoms. The molecular formula is C19H14Br2N4O. The molecule has 2 aromatic carbocycles. The van der Waals surface area contributed by atoms with Crippen LogP contribution in [0.4, 0.5) is 5.69 Å². The van der Waals surface area contributed by atoms with E-state index in [-0.39, 0.29) is 5.75 Å². The molecule has 0 atom stereocenters. The molecule has 1 heterocycles. The van der Waals surface area contributed by atoms with Crippen LogP contribution < -0.4 is 5.43 Å². The van der Waals surface area contributed by atoms with Crippen molar-refractivity contribution in [1.82, 2.24) is 10.4 Å². The van der Waals surface area contributed by atoms with Gasteiger partial charge in [-0.25, -0.2) is 4.99 Å². The summed E-state index contributed by atoms with van der Waals surface area (Å²) in [7, 11) is 0. The highest BCUT2D eigenvalue weighted by Crippen LogP contribution is 2.30. The van der Waals surface area contributed by atoms with Crippen LogP contribution in [0.25, 0.3) is 0 Å². The van der Waals surface area contributed by atoms with Crippen LogP contribution in [0.5, 0.6) is 5.75 Å². The Bertz CT molecular complexity index is 945. The molecule has 0 saturated carbocycles. The lowest BCUT2D eigenvalue weighted by Crippen LogP contribution is -2.20. The topological polar surface area (TPSA) is 69.9 Å². The Balaban J connectivity index is 1.89. The number of aromatic hydroxyl groups is 1. The maximum Gasteiger partial charge on any atom is 0.172 e. The van der Waals surface area contributed by atoms with Crippen LogP contribution in [0.1, 0.15) is 11.3 Å². The number of para-hydroxylation sites is 1. The van der Waals surface area contributed by atoms with E-state index in [4.69, 9.17) is 0 Å². The number of nitrogens with one attached hydrogen (secondary N) is 1. The fourth-order valence-corrected chi connectivity index (χ4v) is 3.38. The lowest BCUT2D eigenvalue weighted by molar-refractivity contribution is 0.471. The van der Waals surface area contributed by atoms with Gasteiger partial charge in [-0.2, -0.15) is 5.10 Å². The third-order valence-electron chi connectivity index (χ3n) is 3.34. The molecule has 3 aromatic rings. The zero-order valence-electron chi connectivity index (χ0n) is 13.5. The Morgan fingerprint density at radius 2 is 1.81 bits per heavy atom. The molecule has 130 valence electrons. The number of pyridine rings is 1. The summed E-state index contributed by atoms with van der Waals surface area (Å²) in [5, 5.41) is 14.3. The molecule has 7 heteroatoms. The van der Waals surface area contributed by atoms with Gasteiger partial charge in [0, 0.05) is 16.2 Å². The molecule has 0 aliphatic carbocycles. The van der Waals surface area contributed by atoms with E-state index in [1.807, 2.05) is 48.5 Å². The van der Waals surface area contributed by atoms with E-state index in [9.17, 15) is 5.11 Å². The van der Waals surface area contributed by atoms with Crippen molar-refractivity contribution >= 4 is 49.6 Å². The Morgan fingerprint density at radius 1 is 1.04 bits per heavy atom. The van der Waals surface area contributed by atoms with E-state index < -0.39 is 0 Å². The average molecular weight is 474 g/mol. The summed E-state index contributed by atoms with van der Waals surface area (Å²) in [5.41, 5.74) is 4.91. The summed E-state index contributed by atoms with van der Waals surface area (Å²) in [5.74, 6) is 0.611. The van der Waals surface area contributed by atoms with Crippen molar-refractivity contribution in [1.29, 1.82) is 0 Å². The van der Waals surface area contributed by atoms with E-state index in [2.05, 4.69) is 52.4 Å². The standard InChI is InChI=1S/C19H14Br2N4O/c20-14-10-13(18(26)16(21)11-14)12-23-25-19(17-8-4-5-9-22-17)24-15-6-2-1-3-7-15/h1-12,26H,(H,24,25)/b23-12+. The number of aromatic nitrogens is 1. The van der Waals surface area contributed by atoms with Crippen molar-refractivity contribution in [3.63, 3.8) is 0 Å². The SMILES string of the molecule is Oc1c(Br)cc(Br)cc1/C=N/NC(=Nc1ccccc1)c1ccccn1. The van der Waals surface area contributed by atoms with E-state index in [0.29, 0.717) is 21.6 Å². The van der Waals surface area contributed by atoms with Crippen molar-refractivity contribution in [2.24, 2.45) is 10.1 Å². The molecule has 0 saturated heterocycles. The summed E-state index contributed by atoms with van der Waals surface area (Å²) in [4.78, 5) is 8.88. The highest BCUT2D eigenvalue weighted by molar-refractivity contribution is 9.11. The number of rotatable bonds is 4. The molecular weight excluding hydrogens is 460 g/mol. The molecule has 0 fully saturated rings. The van der Waals surface area contributed by atoms with Gasteiger partial charge in [0.2, 0.25) is 0 Å². The maximum absolute atomic E-state index is 10.1. The van der Waals surface area contributed by atoms with Gasteiger partial charge in [0.15, 0.2) is 5.84 Å². The van der Waals surface area contributed by atoms with Crippen LogP contribution in [-0.4, -0.2) is 22.1 Å². The Labute approximate surface area is 167 Å². The molecule has 0 aliphatic rings. The molecule has 3 rings (SSSR count). The van der Waals surface area contributed by atoms with Gasteiger partial charge in [0.25, 0.3) is 0 Å². The highest BCUT2D eigenvalue weighted by Gasteiger charge is 2.07. The third-order valence-corrected chi connectivity index (χ3v) is 4.40. The van der Waals surface area contributed by atoms with Crippen molar-refractivity contribution in [2.75, 3.05) is 0 Å². The smallest absolute Gasteiger partial charge is 0.172 e. The molecule has 0 spiro atoms. The van der Waals surface area contributed by atoms with Crippen LogP contribution in [0.2, 0.25) is 0 Å². The van der Waals surface area contributed by atoms with Gasteiger partial charge in [-0.1, -0.05) is 40.2 Å². The molecule has 5 nitrogen and oxygen atoms in total. The number of hydrazone groups is 1. The fraction of sp³-hybridized carbons (Fsp3) is 0. The van der Waals surface area contributed by atoms with Gasteiger partial charge in [0.1, 0.15) is 11.4 Å². The van der Waals surface area contributed by atoms with Crippen LogP contribution in [0, 0.1) is 0 Å². The number of amidine groups is 1. The van der Waals surface area contributed by atoms with Crippen LogP contribution in [0.3, 0.4) is 0 Å². The van der Waals surface area contributed by atoms with E-state index >= 15 is 0 Å². The molecule has 0 unspecified atom stereocenters. The molecule has 1 aromatic heterocycles. The third kappa shape index (κ3) is 4.77. The van der Waals surface area contributed by atoms with Gasteiger partial charge in [0.05, 0.1) is 16.4 Å². The zero-order chi connectivity index (χ0) is 18.4. The predicted molar refractivity (Wildman–Crippen MR) is 111 cm³/mol. The number of halogens is 2. The number of nitrogens with zero attached hydrogens (tertiary/aromatic N) is 3. The van der Waals surface area contributed by atoms with Crippen LogP contribution in [-0.2, 0) is 0 Å². The number of hydrogen-bond acceptors (Lipinski definition) is 4. The minimum absolute atomic E-state index is 0.109. The summed E-state index contributed by atoms with van der Waals surface area (Å²) in [6, 6.07) is 18.6. The van der Waals surface area contributed by atoms with Gasteiger partial charge in [-0.15, -0.1) is 0 Å². The summed E-state index contributed by atoms with van der Waals surface area (Å²) < 4.78 is 1.41. The first-order valence-electron chi connectivity index (χ1n) is 7.66. The van der Waals surface area contributed by atoms with Crippen molar-refractivity contribution < 1.29 is 5.11 Å². The number of phenolic OH excluding ortho intramolecular Hbond substituents is 1. The van der Waals surface area contributed by atoms with Gasteiger partial charge >= 0.3 is 0 Å². The first-order valence-corrected chi connectivity index (χ1v) is 9.24. The van der Waals surface area contributed by atoms with Crippen molar-refractivity contribution in [2.45, 2.75) is 0 Å². The summed E-state index contributed by atoms with van der Waals surface area (Å²) in [6.45, 7) is 0. The Hall–Kier alpha value is -2.51. The molecule has 0 bridgehead atoms. The first-order chi connectivity index (χ1) is 12.6. The lowest BCUT2D eigenvalue weighted by Gasteiger charge is -2.06.